The fourth-order valence-corrected chi connectivity index (χ4v) is 2.74. The van der Waals surface area contributed by atoms with Crippen LogP contribution in [0.25, 0.3) is 0 Å². The summed E-state index contributed by atoms with van der Waals surface area (Å²) in [4.78, 5) is 14.5. The molecule has 0 fully saturated rings. The van der Waals surface area contributed by atoms with Gasteiger partial charge in [-0.05, 0) is 31.2 Å². The van der Waals surface area contributed by atoms with Crippen LogP contribution in [0, 0.1) is 6.92 Å². The monoisotopic (exact) mass is 365 g/mol. The van der Waals surface area contributed by atoms with Gasteiger partial charge in [-0.25, -0.2) is 4.98 Å². The molecule has 0 aliphatic heterocycles. The zero-order chi connectivity index (χ0) is 18.1. The van der Waals surface area contributed by atoms with Gasteiger partial charge in [0, 0.05) is 0 Å². The zero-order valence-corrected chi connectivity index (χ0v) is 14.6. The van der Waals surface area contributed by atoms with Gasteiger partial charge in [0.1, 0.15) is 18.1 Å². The highest BCUT2D eigenvalue weighted by atomic mass is 32.2. The number of nitrogens with zero attached hydrogens (tertiary/aromatic N) is 1. The molecule has 0 spiro atoms. The SMILES string of the molecule is Cc1ccc(S(=O)(=O)OCCOCCOc2ccc(C=O)nc2)cc1. The molecule has 1 aromatic heterocycles. The van der Waals surface area contributed by atoms with E-state index in [1.165, 1.54) is 18.3 Å². The molecule has 2 aromatic rings. The Kier molecular flexibility index (Phi) is 7.05. The molecule has 0 unspecified atom stereocenters. The molecule has 134 valence electrons. The predicted molar refractivity (Wildman–Crippen MR) is 90.3 cm³/mol. The number of aldehydes is 1. The Morgan fingerprint density at radius 3 is 2.36 bits per heavy atom. The molecule has 1 heterocycles. The van der Waals surface area contributed by atoms with Crippen LogP contribution < -0.4 is 4.74 Å². The molecule has 0 atom stereocenters. The molecule has 0 saturated carbocycles. The number of ether oxygens (including phenoxy) is 2. The minimum absolute atomic E-state index is 0.0776. The van der Waals surface area contributed by atoms with E-state index in [0.717, 1.165) is 5.56 Å². The molecule has 1 aromatic carbocycles. The molecule has 25 heavy (non-hydrogen) atoms. The van der Waals surface area contributed by atoms with Crippen molar-refractivity contribution in [1.29, 1.82) is 0 Å². The second-order valence-electron chi connectivity index (χ2n) is 5.09. The third kappa shape index (κ3) is 6.26. The zero-order valence-electron chi connectivity index (χ0n) is 13.8. The smallest absolute Gasteiger partial charge is 0.297 e. The average molecular weight is 365 g/mol. The summed E-state index contributed by atoms with van der Waals surface area (Å²) < 4.78 is 39.4. The van der Waals surface area contributed by atoms with Crippen molar-refractivity contribution >= 4 is 16.4 Å². The van der Waals surface area contributed by atoms with Crippen molar-refractivity contribution in [2.45, 2.75) is 11.8 Å². The van der Waals surface area contributed by atoms with Crippen LogP contribution in [-0.4, -0.2) is 46.1 Å². The molecule has 2 rings (SSSR count). The Bertz CT molecular complexity index is 772. The van der Waals surface area contributed by atoms with Crippen LogP contribution >= 0.6 is 0 Å². The maximum absolute atomic E-state index is 11.9. The molecular weight excluding hydrogens is 346 g/mol. The van der Waals surface area contributed by atoms with Crippen molar-refractivity contribution in [2.24, 2.45) is 0 Å². The number of carbonyl (C=O) groups excluding carboxylic acids is 1. The molecule has 0 saturated heterocycles. The number of hydrogen-bond donors (Lipinski definition) is 0. The topological polar surface area (TPSA) is 91.8 Å². The highest BCUT2D eigenvalue weighted by molar-refractivity contribution is 7.86. The minimum atomic E-state index is -3.77. The third-order valence-corrected chi connectivity index (χ3v) is 4.48. The minimum Gasteiger partial charge on any atom is -0.490 e. The first-order chi connectivity index (χ1) is 12.0. The largest absolute Gasteiger partial charge is 0.490 e. The van der Waals surface area contributed by atoms with Gasteiger partial charge in [-0.15, -0.1) is 0 Å². The van der Waals surface area contributed by atoms with Gasteiger partial charge >= 0.3 is 0 Å². The molecule has 0 amide bonds. The summed E-state index contributed by atoms with van der Waals surface area (Å²) in [5.74, 6) is 0.521. The second-order valence-corrected chi connectivity index (χ2v) is 6.70. The van der Waals surface area contributed by atoms with Gasteiger partial charge in [0.05, 0.1) is 30.9 Å². The Balaban J connectivity index is 1.62. The summed E-state index contributed by atoms with van der Waals surface area (Å²) in [5, 5.41) is 0. The first-order valence-electron chi connectivity index (χ1n) is 7.59. The number of aryl methyl sites for hydroxylation is 1. The maximum Gasteiger partial charge on any atom is 0.297 e. The summed E-state index contributed by atoms with van der Waals surface area (Å²) in [6.45, 7) is 2.46. The van der Waals surface area contributed by atoms with Gasteiger partial charge in [-0.2, -0.15) is 8.42 Å². The van der Waals surface area contributed by atoms with Gasteiger partial charge in [-0.3, -0.25) is 8.98 Å². The van der Waals surface area contributed by atoms with E-state index in [2.05, 4.69) is 4.98 Å². The van der Waals surface area contributed by atoms with Gasteiger partial charge in [-0.1, -0.05) is 17.7 Å². The van der Waals surface area contributed by atoms with Crippen LogP contribution in [0.4, 0.5) is 0 Å². The third-order valence-electron chi connectivity index (χ3n) is 3.15. The summed E-state index contributed by atoms with van der Waals surface area (Å²) in [5.41, 5.74) is 1.30. The van der Waals surface area contributed by atoms with Gasteiger partial charge in [0.15, 0.2) is 6.29 Å². The van der Waals surface area contributed by atoms with E-state index < -0.39 is 10.1 Å². The van der Waals surface area contributed by atoms with Crippen LogP contribution in [0.1, 0.15) is 16.1 Å². The Hall–Kier alpha value is -2.29. The average Bonchev–Trinajstić information content (AvgIpc) is 2.62. The van der Waals surface area contributed by atoms with Crippen molar-refractivity contribution in [3.63, 3.8) is 0 Å². The summed E-state index contributed by atoms with van der Waals surface area (Å²) >= 11 is 0. The first kappa shape index (κ1) is 19.0. The van der Waals surface area contributed by atoms with Crippen molar-refractivity contribution < 1.29 is 26.9 Å². The number of pyridine rings is 1. The summed E-state index contributed by atoms with van der Waals surface area (Å²) in [6.07, 6.45) is 2.10. The molecule has 0 N–H and O–H groups in total. The molecule has 7 nitrogen and oxygen atoms in total. The lowest BCUT2D eigenvalue weighted by molar-refractivity contribution is 0.0778. The fourth-order valence-electron chi connectivity index (χ4n) is 1.84. The lowest BCUT2D eigenvalue weighted by Crippen LogP contribution is -2.14. The fraction of sp³-hybridized carbons (Fsp3) is 0.294. The highest BCUT2D eigenvalue weighted by Gasteiger charge is 2.14. The van der Waals surface area contributed by atoms with Crippen molar-refractivity contribution in [3.8, 4) is 5.75 Å². The maximum atomic E-state index is 11.9. The van der Waals surface area contributed by atoms with Crippen LogP contribution in [-0.2, 0) is 19.0 Å². The number of carbonyl (C=O) groups is 1. The van der Waals surface area contributed by atoms with E-state index >= 15 is 0 Å². The molecular formula is C17H19NO6S. The first-order valence-corrected chi connectivity index (χ1v) is 9.00. The van der Waals surface area contributed by atoms with E-state index in [1.54, 1.807) is 24.3 Å². The van der Waals surface area contributed by atoms with Crippen molar-refractivity contribution in [1.82, 2.24) is 4.98 Å². The van der Waals surface area contributed by atoms with Crippen molar-refractivity contribution in [2.75, 3.05) is 26.4 Å². The molecule has 8 heteroatoms. The molecule has 0 bridgehead atoms. The van der Waals surface area contributed by atoms with Gasteiger partial charge in [0.25, 0.3) is 10.1 Å². The van der Waals surface area contributed by atoms with Crippen LogP contribution in [0.3, 0.4) is 0 Å². The lowest BCUT2D eigenvalue weighted by Gasteiger charge is -2.08. The van der Waals surface area contributed by atoms with E-state index in [-0.39, 0.29) is 31.3 Å². The quantitative estimate of drug-likeness (QED) is 0.361. The lowest BCUT2D eigenvalue weighted by atomic mass is 10.2. The number of benzene rings is 1. The van der Waals surface area contributed by atoms with E-state index in [9.17, 15) is 13.2 Å². The Labute approximate surface area is 146 Å². The van der Waals surface area contributed by atoms with Crippen LogP contribution in [0.15, 0.2) is 47.5 Å². The predicted octanol–water partition coefficient (Wildman–Crippen LogP) is 2.00. The van der Waals surface area contributed by atoms with Gasteiger partial charge in [0.2, 0.25) is 0 Å². The Morgan fingerprint density at radius 2 is 1.72 bits per heavy atom. The summed E-state index contributed by atoms with van der Waals surface area (Å²) in [7, 11) is -3.77. The standard InChI is InChI=1S/C17H19NO6S/c1-14-2-6-17(7-3-14)25(20,21)24-11-9-22-8-10-23-16-5-4-15(13-19)18-12-16/h2-7,12-13H,8-11H2,1H3. The van der Waals surface area contributed by atoms with Crippen molar-refractivity contribution in [3.05, 3.63) is 53.9 Å². The number of rotatable bonds is 10. The molecule has 0 aliphatic carbocycles. The normalized spacial score (nSPS) is 11.2. The Morgan fingerprint density at radius 1 is 1.00 bits per heavy atom. The second kappa shape index (κ2) is 9.26. The van der Waals surface area contributed by atoms with E-state index in [0.29, 0.717) is 17.7 Å². The van der Waals surface area contributed by atoms with E-state index in [4.69, 9.17) is 13.7 Å². The van der Waals surface area contributed by atoms with Gasteiger partial charge < -0.3 is 9.47 Å². The molecule has 0 radical (unpaired) electrons. The molecule has 0 aliphatic rings. The highest BCUT2D eigenvalue weighted by Crippen LogP contribution is 2.13. The number of aromatic nitrogens is 1. The van der Waals surface area contributed by atoms with E-state index in [1.807, 2.05) is 6.92 Å². The van der Waals surface area contributed by atoms with Crippen LogP contribution in [0.5, 0.6) is 5.75 Å². The number of hydrogen-bond acceptors (Lipinski definition) is 7. The van der Waals surface area contributed by atoms with Crippen LogP contribution in [0.2, 0.25) is 0 Å². The summed E-state index contributed by atoms with van der Waals surface area (Å²) in [6, 6.07) is 9.61.